The molecule has 0 fully saturated rings. The number of methoxy groups -OCH3 is 1. The molecule has 7 nitrogen and oxygen atoms in total. The topological polar surface area (TPSA) is 88.3 Å². The van der Waals surface area contributed by atoms with Gasteiger partial charge in [0.25, 0.3) is 5.91 Å². The molecule has 1 aromatic heterocycles. The maximum absolute atomic E-state index is 12.0. The molecule has 3 aromatic rings. The van der Waals surface area contributed by atoms with Crippen molar-refractivity contribution in [3.63, 3.8) is 0 Å². The van der Waals surface area contributed by atoms with Crippen LogP contribution in [0.15, 0.2) is 36.4 Å². The van der Waals surface area contributed by atoms with E-state index in [2.05, 4.69) is 20.6 Å². The molecule has 2 aromatic carbocycles. The molecule has 3 N–H and O–H groups in total. The predicted molar refractivity (Wildman–Crippen MR) is 118 cm³/mol. The highest BCUT2D eigenvalue weighted by Crippen LogP contribution is 2.33. The first-order valence-corrected chi connectivity index (χ1v) is 10.1. The highest BCUT2D eigenvalue weighted by atomic mass is 35.5. The first-order chi connectivity index (χ1) is 14.2. The third-order valence-electron chi connectivity index (χ3n) is 4.25. The fourth-order valence-electron chi connectivity index (χ4n) is 2.99. The third-order valence-corrected chi connectivity index (χ3v) is 4.60. The van der Waals surface area contributed by atoms with Crippen LogP contribution in [0.2, 0.25) is 5.02 Å². The lowest BCUT2D eigenvalue weighted by atomic mass is 10.1. The molecule has 0 aliphatic carbocycles. The zero-order chi connectivity index (χ0) is 21.7. The van der Waals surface area contributed by atoms with E-state index in [1.54, 1.807) is 13.2 Å². The van der Waals surface area contributed by atoms with Crippen molar-refractivity contribution in [2.75, 3.05) is 13.7 Å². The van der Waals surface area contributed by atoms with Gasteiger partial charge in [0, 0.05) is 23.2 Å². The maximum atomic E-state index is 12.0. The van der Waals surface area contributed by atoms with Crippen molar-refractivity contribution < 1.29 is 14.3 Å². The van der Waals surface area contributed by atoms with Gasteiger partial charge in [-0.25, -0.2) is 4.98 Å². The van der Waals surface area contributed by atoms with E-state index in [1.807, 2.05) is 51.1 Å². The van der Waals surface area contributed by atoms with Gasteiger partial charge in [-0.2, -0.15) is 0 Å². The number of aromatic nitrogens is 2. The summed E-state index contributed by atoms with van der Waals surface area (Å²) in [5, 5.41) is 6.70. The number of para-hydroxylation sites is 2. The summed E-state index contributed by atoms with van der Waals surface area (Å²) in [6, 6.07) is 11.4. The smallest absolute Gasteiger partial charge is 0.258 e. The maximum Gasteiger partial charge on any atom is 0.258 e. The van der Waals surface area contributed by atoms with E-state index in [0.29, 0.717) is 29.6 Å². The van der Waals surface area contributed by atoms with Crippen LogP contribution < -0.4 is 20.1 Å². The van der Waals surface area contributed by atoms with Gasteiger partial charge in [0.2, 0.25) is 0 Å². The van der Waals surface area contributed by atoms with Gasteiger partial charge in [-0.15, -0.1) is 0 Å². The monoisotopic (exact) mass is 430 g/mol. The fraction of sp³-hybridized carbons (Fsp3) is 0.364. The molecule has 0 atom stereocenters. The molecular weight excluding hydrogens is 404 g/mol. The normalized spacial score (nSPS) is 11.5. The molecule has 0 aliphatic rings. The largest absolute Gasteiger partial charge is 0.493 e. The van der Waals surface area contributed by atoms with Gasteiger partial charge in [0.15, 0.2) is 18.1 Å². The lowest BCUT2D eigenvalue weighted by Crippen LogP contribution is -2.43. The van der Waals surface area contributed by atoms with E-state index in [0.717, 1.165) is 22.4 Å². The summed E-state index contributed by atoms with van der Waals surface area (Å²) in [5.74, 6) is 1.58. The Kier molecular flexibility index (Phi) is 6.84. The molecule has 0 bridgehead atoms. The molecule has 0 aliphatic heterocycles. The third kappa shape index (κ3) is 5.87. The fourth-order valence-corrected chi connectivity index (χ4v) is 3.21. The van der Waals surface area contributed by atoms with Gasteiger partial charge in [-0.1, -0.05) is 23.7 Å². The number of carbonyl (C=O) groups excluding carboxylic acids is 1. The zero-order valence-corrected chi connectivity index (χ0v) is 18.4. The summed E-state index contributed by atoms with van der Waals surface area (Å²) in [5.41, 5.74) is 2.48. The molecule has 1 heterocycles. The van der Waals surface area contributed by atoms with Crippen LogP contribution in [0.1, 0.15) is 32.2 Å². The number of rotatable bonds is 8. The van der Waals surface area contributed by atoms with Crippen LogP contribution in [0.4, 0.5) is 0 Å². The van der Waals surface area contributed by atoms with Gasteiger partial charge in [0.1, 0.15) is 5.82 Å². The average molecular weight is 431 g/mol. The van der Waals surface area contributed by atoms with E-state index in [-0.39, 0.29) is 18.1 Å². The lowest BCUT2D eigenvalue weighted by Gasteiger charge is -2.21. The SMILES string of the molecule is COc1cc(CNCc2nc3ccccc3[nH]2)c(Cl)cc1OCC(=O)NC(C)(C)C. The molecule has 0 unspecified atom stereocenters. The van der Waals surface area contributed by atoms with Crippen molar-refractivity contribution in [3.8, 4) is 11.5 Å². The van der Waals surface area contributed by atoms with Crippen molar-refractivity contribution >= 4 is 28.5 Å². The molecule has 0 saturated heterocycles. The standard InChI is InChI=1S/C22H27ClN4O3/c1-22(2,3)27-21(28)13-30-19-10-15(23)14(9-18(19)29-4)11-24-12-20-25-16-7-5-6-8-17(16)26-20/h5-10,24H,11-13H2,1-4H3,(H,25,26)(H,27,28). The number of imidazole rings is 1. The van der Waals surface area contributed by atoms with Crippen molar-refractivity contribution in [3.05, 3.63) is 52.8 Å². The van der Waals surface area contributed by atoms with Crippen molar-refractivity contribution in [1.82, 2.24) is 20.6 Å². The molecule has 30 heavy (non-hydrogen) atoms. The number of amides is 1. The molecule has 8 heteroatoms. The van der Waals surface area contributed by atoms with Crippen molar-refractivity contribution in [2.24, 2.45) is 0 Å². The Morgan fingerprint density at radius 1 is 1.17 bits per heavy atom. The average Bonchev–Trinajstić information content (AvgIpc) is 3.09. The Morgan fingerprint density at radius 3 is 2.63 bits per heavy atom. The number of carbonyl (C=O) groups is 1. The summed E-state index contributed by atoms with van der Waals surface area (Å²) in [7, 11) is 1.55. The molecule has 0 saturated carbocycles. The number of hydrogen-bond acceptors (Lipinski definition) is 5. The summed E-state index contributed by atoms with van der Waals surface area (Å²) in [4.78, 5) is 19.8. The van der Waals surface area contributed by atoms with E-state index in [4.69, 9.17) is 21.1 Å². The molecular formula is C22H27ClN4O3. The number of benzene rings is 2. The first-order valence-electron chi connectivity index (χ1n) is 9.70. The van der Waals surface area contributed by atoms with Crippen molar-refractivity contribution in [2.45, 2.75) is 39.4 Å². The molecule has 0 spiro atoms. The van der Waals surface area contributed by atoms with Gasteiger partial charge < -0.3 is 25.1 Å². The van der Waals surface area contributed by atoms with Crippen LogP contribution in [0.5, 0.6) is 11.5 Å². The van der Waals surface area contributed by atoms with Gasteiger partial charge >= 0.3 is 0 Å². The Hall–Kier alpha value is -2.77. The minimum atomic E-state index is -0.322. The second kappa shape index (κ2) is 9.36. The highest BCUT2D eigenvalue weighted by Gasteiger charge is 2.16. The minimum Gasteiger partial charge on any atom is -0.493 e. The van der Waals surface area contributed by atoms with E-state index in [9.17, 15) is 4.79 Å². The Morgan fingerprint density at radius 2 is 1.93 bits per heavy atom. The van der Waals surface area contributed by atoms with Crippen LogP contribution in [-0.4, -0.2) is 35.1 Å². The van der Waals surface area contributed by atoms with E-state index < -0.39 is 0 Å². The van der Waals surface area contributed by atoms with Gasteiger partial charge in [0.05, 0.1) is 24.7 Å². The van der Waals surface area contributed by atoms with Gasteiger partial charge in [-0.3, -0.25) is 4.79 Å². The minimum absolute atomic E-state index is 0.117. The number of aromatic amines is 1. The number of nitrogens with one attached hydrogen (secondary N) is 3. The second-order valence-electron chi connectivity index (χ2n) is 7.99. The summed E-state index contributed by atoms with van der Waals surface area (Å²) >= 11 is 6.43. The molecule has 160 valence electrons. The number of hydrogen-bond donors (Lipinski definition) is 3. The quantitative estimate of drug-likeness (QED) is 0.505. The Labute approximate surface area is 181 Å². The Bertz CT molecular complexity index is 994. The van der Waals surface area contributed by atoms with Crippen LogP contribution in [-0.2, 0) is 17.9 Å². The van der Waals surface area contributed by atoms with Crippen LogP contribution in [0.3, 0.4) is 0 Å². The van der Waals surface area contributed by atoms with E-state index >= 15 is 0 Å². The molecule has 3 rings (SSSR count). The second-order valence-corrected chi connectivity index (χ2v) is 8.39. The zero-order valence-electron chi connectivity index (χ0n) is 17.6. The number of nitrogens with zero attached hydrogens (tertiary/aromatic N) is 1. The number of H-pyrrole nitrogens is 1. The number of fused-ring (bicyclic) bond motifs is 1. The van der Waals surface area contributed by atoms with E-state index in [1.165, 1.54) is 0 Å². The highest BCUT2D eigenvalue weighted by molar-refractivity contribution is 6.31. The van der Waals surface area contributed by atoms with Crippen LogP contribution >= 0.6 is 11.6 Å². The van der Waals surface area contributed by atoms with Crippen LogP contribution in [0.25, 0.3) is 11.0 Å². The molecule has 1 amide bonds. The summed E-state index contributed by atoms with van der Waals surface area (Å²) < 4.78 is 11.0. The first kappa shape index (κ1) is 21.9. The Balaban J connectivity index is 1.60. The number of ether oxygens (including phenoxy) is 2. The summed E-state index contributed by atoms with van der Waals surface area (Å²) in [6.07, 6.45) is 0. The molecule has 0 radical (unpaired) electrons. The van der Waals surface area contributed by atoms with Crippen molar-refractivity contribution in [1.29, 1.82) is 0 Å². The lowest BCUT2D eigenvalue weighted by molar-refractivity contribution is -0.124. The van der Waals surface area contributed by atoms with Gasteiger partial charge in [-0.05, 0) is 44.5 Å². The predicted octanol–water partition coefficient (Wildman–Crippen LogP) is 3.81. The number of halogens is 1. The summed E-state index contributed by atoms with van der Waals surface area (Å²) in [6.45, 7) is 6.71. The van der Waals surface area contributed by atoms with Crippen LogP contribution in [0, 0.1) is 0 Å².